The summed E-state index contributed by atoms with van der Waals surface area (Å²) in [5, 5.41) is 0.828. The topological polar surface area (TPSA) is 90.5 Å². The van der Waals surface area contributed by atoms with Crippen LogP contribution < -0.4 is 0 Å². The normalized spacial score (nSPS) is 11.3. The fourth-order valence-corrected chi connectivity index (χ4v) is 6.79. The zero-order chi connectivity index (χ0) is 36.6. The Balaban J connectivity index is 0.973. The van der Waals surface area contributed by atoms with Gasteiger partial charge in [-0.15, -0.1) is 0 Å². The minimum absolute atomic E-state index is 0.518. The number of hydrogen-bond acceptors (Lipinski definition) is 7. The van der Waals surface area contributed by atoms with E-state index in [1.807, 2.05) is 85.1 Å². The second-order valence-electron chi connectivity index (χ2n) is 13.2. The fraction of sp³-hybridized carbons (Fsp3) is 0. The Bertz CT molecular complexity index is 2930. The molecule has 0 amide bonds. The number of benzene rings is 6. The maximum Gasteiger partial charge on any atom is 0.229 e. The van der Waals surface area contributed by atoms with Crippen LogP contribution in [0.3, 0.4) is 0 Å². The number of fused-ring (bicyclic) bond motifs is 3. The van der Waals surface area contributed by atoms with E-state index in [1.54, 1.807) is 6.20 Å². The Morgan fingerprint density at radius 1 is 0.309 bits per heavy atom. The summed E-state index contributed by atoms with van der Waals surface area (Å²) in [6.07, 6.45) is 3.55. The lowest BCUT2D eigenvalue weighted by Gasteiger charge is -2.10. The van der Waals surface area contributed by atoms with Gasteiger partial charge < -0.3 is 4.42 Å². The molecule has 0 radical (unpaired) electrons. The molecule has 6 aromatic carbocycles. The Morgan fingerprint density at radius 2 is 0.691 bits per heavy atom. The molecule has 0 saturated carbocycles. The Kier molecular flexibility index (Phi) is 8.00. The molecule has 0 aliphatic heterocycles. The van der Waals surface area contributed by atoms with Crippen molar-refractivity contribution in [2.75, 3.05) is 0 Å². The van der Waals surface area contributed by atoms with E-state index in [4.69, 9.17) is 24.4 Å². The predicted molar refractivity (Wildman–Crippen MR) is 219 cm³/mol. The minimum Gasteiger partial charge on any atom is -0.434 e. The molecule has 0 aliphatic rings. The van der Waals surface area contributed by atoms with E-state index in [-0.39, 0.29) is 0 Å². The zero-order valence-corrected chi connectivity index (χ0v) is 29.4. The molecule has 4 aromatic heterocycles. The van der Waals surface area contributed by atoms with Crippen LogP contribution in [0.2, 0.25) is 0 Å². The van der Waals surface area contributed by atoms with Crippen LogP contribution >= 0.6 is 0 Å². The highest BCUT2D eigenvalue weighted by molar-refractivity contribution is 6.02. The van der Waals surface area contributed by atoms with Crippen LogP contribution in [0.25, 0.3) is 101 Å². The molecule has 7 heteroatoms. The van der Waals surface area contributed by atoms with Crippen LogP contribution in [0.1, 0.15) is 0 Å². The van der Waals surface area contributed by atoms with E-state index in [0.717, 1.165) is 66.5 Å². The minimum atomic E-state index is 0.518. The number of aromatic nitrogens is 6. The van der Waals surface area contributed by atoms with E-state index < -0.39 is 0 Å². The molecule has 0 saturated heterocycles. The molecule has 0 unspecified atom stereocenters. The molecule has 0 bridgehead atoms. The molecule has 0 N–H and O–H groups in total. The lowest BCUT2D eigenvalue weighted by atomic mass is 10.0. The molecule has 4 heterocycles. The molecule has 7 nitrogen and oxygen atoms in total. The van der Waals surface area contributed by atoms with Gasteiger partial charge in [-0.25, -0.2) is 29.9 Å². The van der Waals surface area contributed by atoms with Crippen molar-refractivity contribution in [1.82, 2.24) is 29.9 Å². The molecule has 0 aliphatic carbocycles. The summed E-state index contributed by atoms with van der Waals surface area (Å²) in [7, 11) is 0. The third-order valence-corrected chi connectivity index (χ3v) is 9.71. The average molecular weight is 707 g/mol. The molecule has 10 rings (SSSR count). The van der Waals surface area contributed by atoms with Gasteiger partial charge in [-0.2, -0.15) is 0 Å². The first-order valence-corrected chi connectivity index (χ1v) is 18.0. The maximum atomic E-state index is 6.05. The highest BCUT2D eigenvalue weighted by Gasteiger charge is 2.16. The largest absolute Gasteiger partial charge is 0.434 e. The summed E-state index contributed by atoms with van der Waals surface area (Å²) < 4.78 is 6.05. The van der Waals surface area contributed by atoms with Gasteiger partial charge in [0.15, 0.2) is 28.9 Å². The van der Waals surface area contributed by atoms with E-state index in [2.05, 4.69) is 101 Å². The monoisotopic (exact) mass is 706 g/mol. The Morgan fingerprint density at radius 3 is 1.18 bits per heavy atom. The second kappa shape index (κ2) is 13.7. The van der Waals surface area contributed by atoms with Crippen molar-refractivity contribution in [1.29, 1.82) is 0 Å². The summed E-state index contributed by atoms with van der Waals surface area (Å²) in [5.41, 5.74) is 12.0. The standard InChI is InChI=1S/C48H30N6O/c1-4-10-31(11-5-1)33-16-22-37(23-17-33)44-49-30-42-43(51-44)41-28-40(29-50-48(41)55-42)35-20-26-39(27-21-35)47-53-45(36-14-8-3-9-15-36)52-46(54-47)38-24-18-34(19-25-38)32-12-6-2-7-13-32/h1-30H. The first kappa shape index (κ1) is 32.0. The quantitative estimate of drug-likeness (QED) is 0.163. The Hall–Kier alpha value is -7.64. The first-order valence-electron chi connectivity index (χ1n) is 18.0. The number of pyridine rings is 1. The van der Waals surface area contributed by atoms with E-state index >= 15 is 0 Å². The lowest BCUT2D eigenvalue weighted by Crippen LogP contribution is -2.00. The highest BCUT2D eigenvalue weighted by atomic mass is 16.3. The molecule has 0 spiro atoms. The van der Waals surface area contributed by atoms with E-state index in [1.165, 1.54) is 0 Å². The van der Waals surface area contributed by atoms with Crippen LogP contribution in [0.5, 0.6) is 0 Å². The van der Waals surface area contributed by atoms with Gasteiger partial charge in [-0.1, -0.05) is 164 Å². The predicted octanol–water partition coefficient (Wildman–Crippen LogP) is 11.6. The molecule has 10 aromatic rings. The SMILES string of the molecule is c1ccc(-c2ccc(-c3nc(-c4ccccc4)nc(-c4ccc(-c5cnc6oc7cnc(-c8ccc(-c9ccccc9)cc8)nc7c6c5)cc4)n3)cc2)cc1. The number of nitrogens with zero attached hydrogens (tertiary/aromatic N) is 6. The molecule has 55 heavy (non-hydrogen) atoms. The first-order chi connectivity index (χ1) is 27.2. The molecule has 0 fully saturated rings. The van der Waals surface area contributed by atoms with Gasteiger partial charge in [0.25, 0.3) is 0 Å². The van der Waals surface area contributed by atoms with Gasteiger partial charge in [0.2, 0.25) is 5.71 Å². The second-order valence-corrected chi connectivity index (χ2v) is 13.2. The van der Waals surface area contributed by atoms with Crippen LogP contribution in [-0.2, 0) is 0 Å². The molecular formula is C48H30N6O. The average Bonchev–Trinajstić information content (AvgIpc) is 3.65. The van der Waals surface area contributed by atoms with Gasteiger partial charge in [0, 0.05) is 34.0 Å². The summed E-state index contributed by atoms with van der Waals surface area (Å²) in [6, 6.07) is 57.6. The third kappa shape index (κ3) is 6.30. The van der Waals surface area contributed by atoms with Gasteiger partial charge >= 0.3 is 0 Å². The van der Waals surface area contributed by atoms with Gasteiger partial charge in [-0.05, 0) is 33.9 Å². The third-order valence-electron chi connectivity index (χ3n) is 9.71. The van der Waals surface area contributed by atoms with Gasteiger partial charge in [0.1, 0.15) is 5.52 Å². The van der Waals surface area contributed by atoms with Gasteiger partial charge in [0.05, 0.1) is 11.6 Å². The fourth-order valence-electron chi connectivity index (χ4n) is 6.79. The summed E-state index contributed by atoms with van der Waals surface area (Å²) in [5.74, 6) is 2.45. The maximum absolute atomic E-state index is 6.05. The van der Waals surface area contributed by atoms with Crippen molar-refractivity contribution in [3.05, 3.63) is 182 Å². The van der Waals surface area contributed by atoms with Crippen molar-refractivity contribution in [2.24, 2.45) is 0 Å². The van der Waals surface area contributed by atoms with Crippen molar-refractivity contribution >= 4 is 22.2 Å². The number of furan rings is 1. The van der Waals surface area contributed by atoms with Crippen molar-refractivity contribution in [2.45, 2.75) is 0 Å². The van der Waals surface area contributed by atoms with E-state index in [9.17, 15) is 0 Å². The number of hydrogen-bond donors (Lipinski definition) is 0. The van der Waals surface area contributed by atoms with Crippen molar-refractivity contribution < 1.29 is 4.42 Å². The molecule has 0 atom stereocenters. The summed E-state index contributed by atoms with van der Waals surface area (Å²) in [4.78, 5) is 29.0. The summed E-state index contributed by atoms with van der Waals surface area (Å²) in [6.45, 7) is 0. The zero-order valence-electron chi connectivity index (χ0n) is 29.4. The molecular weight excluding hydrogens is 677 g/mol. The Labute approximate surface area is 316 Å². The van der Waals surface area contributed by atoms with Gasteiger partial charge in [-0.3, -0.25) is 0 Å². The van der Waals surface area contributed by atoms with Crippen LogP contribution in [0.15, 0.2) is 187 Å². The van der Waals surface area contributed by atoms with Crippen LogP contribution in [0.4, 0.5) is 0 Å². The smallest absolute Gasteiger partial charge is 0.229 e. The van der Waals surface area contributed by atoms with E-state index in [0.29, 0.717) is 34.6 Å². The van der Waals surface area contributed by atoms with Crippen molar-refractivity contribution in [3.8, 4) is 78.9 Å². The van der Waals surface area contributed by atoms with Crippen LogP contribution in [0, 0.1) is 0 Å². The summed E-state index contributed by atoms with van der Waals surface area (Å²) >= 11 is 0. The highest BCUT2D eigenvalue weighted by Crippen LogP contribution is 2.33. The molecule has 258 valence electrons. The van der Waals surface area contributed by atoms with Crippen LogP contribution in [-0.4, -0.2) is 29.9 Å². The lowest BCUT2D eigenvalue weighted by molar-refractivity contribution is 0.651. The van der Waals surface area contributed by atoms with Crippen molar-refractivity contribution in [3.63, 3.8) is 0 Å². The number of rotatable bonds is 7.